The molecule has 0 aromatic heterocycles. The molecule has 1 atom stereocenters. The van der Waals surface area contributed by atoms with Gasteiger partial charge >= 0.3 is 6.36 Å². The lowest BCUT2D eigenvalue weighted by molar-refractivity contribution is -0.274. The van der Waals surface area contributed by atoms with E-state index in [1.54, 1.807) is 0 Å². The maximum absolute atomic E-state index is 12.1. The summed E-state index contributed by atoms with van der Waals surface area (Å²) in [6.45, 7) is 1.96. The van der Waals surface area contributed by atoms with E-state index in [1.165, 1.54) is 24.3 Å². The molecule has 22 heavy (non-hydrogen) atoms. The molecule has 120 valence electrons. The number of halogens is 5. The van der Waals surface area contributed by atoms with Gasteiger partial charge in [-0.3, -0.25) is 0 Å². The molecule has 0 spiro atoms. The van der Waals surface area contributed by atoms with Crippen LogP contribution in [-0.2, 0) is 0 Å². The molecule has 2 aromatic carbocycles. The predicted molar refractivity (Wildman–Crippen MR) is 85.3 cm³/mol. The van der Waals surface area contributed by atoms with Crippen LogP contribution in [0.15, 0.2) is 46.9 Å². The van der Waals surface area contributed by atoms with Crippen LogP contribution >= 0.6 is 28.3 Å². The third kappa shape index (κ3) is 4.90. The van der Waals surface area contributed by atoms with Gasteiger partial charge in [0.2, 0.25) is 0 Å². The van der Waals surface area contributed by atoms with E-state index in [-0.39, 0.29) is 18.2 Å². The zero-order valence-corrected chi connectivity index (χ0v) is 13.9. The Labute approximate surface area is 141 Å². The first-order valence-electron chi connectivity index (χ1n) is 6.13. The first-order chi connectivity index (χ1) is 9.76. The van der Waals surface area contributed by atoms with Crippen LogP contribution in [0.25, 0.3) is 0 Å². The molecule has 2 rings (SSSR count). The Balaban J connectivity index is 0.00000242. The molecule has 0 aliphatic rings. The normalized spacial score (nSPS) is 12.5. The van der Waals surface area contributed by atoms with Gasteiger partial charge in [0, 0.05) is 4.47 Å². The Morgan fingerprint density at radius 2 is 1.68 bits per heavy atom. The van der Waals surface area contributed by atoms with Crippen molar-refractivity contribution in [2.45, 2.75) is 19.3 Å². The van der Waals surface area contributed by atoms with E-state index < -0.39 is 12.4 Å². The van der Waals surface area contributed by atoms with E-state index >= 15 is 0 Å². The Hall–Kier alpha value is -1.24. The number of alkyl halides is 3. The summed E-state index contributed by atoms with van der Waals surface area (Å²) < 4.78 is 41.0. The lowest BCUT2D eigenvalue weighted by Gasteiger charge is -2.16. The molecule has 2 N–H and O–H groups in total. The van der Waals surface area contributed by atoms with E-state index in [4.69, 9.17) is 5.73 Å². The van der Waals surface area contributed by atoms with Crippen LogP contribution in [0, 0.1) is 6.92 Å². The predicted octanol–water partition coefficient (Wildman–Crippen LogP) is 5.13. The SMILES string of the molecule is Cc1ccc([C@H](N)c2ccc(OC(F)(F)F)cc2)c(Br)c1.Cl. The highest BCUT2D eigenvalue weighted by Gasteiger charge is 2.31. The van der Waals surface area contributed by atoms with Crippen LogP contribution in [0.4, 0.5) is 13.2 Å². The van der Waals surface area contributed by atoms with Crippen molar-refractivity contribution in [1.82, 2.24) is 0 Å². The van der Waals surface area contributed by atoms with Crippen LogP contribution in [0.5, 0.6) is 5.75 Å². The summed E-state index contributed by atoms with van der Waals surface area (Å²) in [5.74, 6) is -0.263. The van der Waals surface area contributed by atoms with Crippen molar-refractivity contribution in [1.29, 1.82) is 0 Å². The van der Waals surface area contributed by atoms with Crippen molar-refractivity contribution < 1.29 is 17.9 Å². The number of hydrogen-bond donors (Lipinski definition) is 1. The fourth-order valence-corrected chi connectivity index (χ4v) is 2.68. The number of aryl methyl sites for hydroxylation is 1. The van der Waals surface area contributed by atoms with Gasteiger partial charge in [-0.05, 0) is 41.8 Å². The maximum Gasteiger partial charge on any atom is 0.573 e. The van der Waals surface area contributed by atoms with Crippen molar-refractivity contribution in [3.63, 3.8) is 0 Å². The Morgan fingerprint density at radius 1 is 1.09 bits per heavy atom. The molecule has 7 heteroatoms. The number of ether oxygens (including phenoxy) is 1. The summed E-state index contributed by atoms with van der Waals surface area (Å²) in [5, 5.41) is 0. The third-order valence-electron chi connectivity index (χ3n) is 2.96. The number of benzene rings is 2. The fraction of sp³-hybridized carbons (Fsp3) is 0.200. The van der Waals surface area contributed by atoms with Crippen molar-refractivity contribution in [2.75, 3.05) is 0 Å². The molecule has 0 fully saturated rings. The number of hydrogen-bond acceptors (Lipinski definition) is 2. The molecule has 0 amide bonds. The molecule has 0 saturated carbocycles. The monoisotopic (exact) mass is 395 g/mol. The average molecular weight is 397 g/mol. The van der Waals surface area contributed by atoms with Gasteiger partial charge in [0.05, 0.1) is 6.04 Å². The molecule has 2 nitrogen and oxygen atoms in total. The van der Waals surface area contributed by atoms with Crippen LogP contribution in [0.1, 0.15) is 22.7 Å². The minimum atomic E-state index is -4.69. The smallest absolute Gasteiger partial charge is 0.406 e. The van der Waals surface area contributed by atoms with E-state index in [1.807, 2.05) is 25.1 Å². The second kappa shape index (κ2) is 7.35. The van der Waals surface area contributed by atoms with Crippen LogP contribution in [0.3, 0.4) is 0 Å². The van der Waals surface area contributed by atoms with E-state index in [9.17, 15) is 13.2 Å². The fourth-order valence-electron chi connectivity index (χ4n) is 1.94. The summed E-state index contributed by atoms with van der Waals surface area (Å²) in [6, 6.07) is 10.9. The van der Waals surface area contributed by atoms with Gasteiger partial charge in [-0.15, -0.1) is 25.6 Å². The lowest BCUT2D eigenvalue weighted by Crippen LogP contribution is -2.17. The van der Waals surface area contributed by atoms with E-state index in [2.05, 4.69) is 20.7 Å². The van der Waals surface area contributed by atoms with Crippen molar-refractivity contribution in [3.05, 3.63) is 63.6 Å². The molecular formula is C15H14BrClF3NO. The lowest BCUT2D eigenvalue weighted by atomic mass is 9.99. The summed E-state index contributed by atoms with van der Waals surface area (Å²) in [6.07, 6.45) is -4.69. The highest BCUT2D eigenvalue weighted by Crippen LogP contribution is 2.29. The van der Waals surface area contributed by atoms with Crippen molar-refractivity contribution >= 4 is 28.3 Å². The quantitative estimate of drug-likeness (QED) is 0.781. The van der Waals surface area contributed by atoms with Gasteiger partial charge in [-0.25, -0.2) is 0 Å². The first-order valence-corrected chi connectivity index (χ1v) is 6.93. The first kappa shape index (κ1) is 18.8. The van der Waals surface area contributed by atoms with Gasteiger partial charge in [-0.2, -0.15) is 0 Å². The minimum absolute atomic E-state index is 0. The molecule has 0 saturated heterocycles. The van der Waals surface area contributed by atoms with Gasteiger partial charge in [0.25, 0.3) is 0 Å². The third-order valence-corrected chi connectivity index (χ3v) is 3.65. The Bertz CT molecular complexity index is 632. The second-order valence-electron chi connectivity index (χ2n) is 4.62. The molecule has 0 aliphatic carbocycles. The van der Waals surface area contributed by atoms with Crippen LogP contribution in [-0.4, -0.2) is 6.36 Å². The maximum atomic E-state index is 12.1. The topological polar surface area (TPSA) is 35.2 Å². The van der Waals surface area contributed by atoms with Crippen molar-refractivity contribution in [3.8, 4) is 5.75 Å². The molecule has 0 bridgehead atoms. The number of rotatable bonds is 3. The molecule has 2 aromatic rings. The minimum Gasteiger partial charge on any atom is -0.406 e. The second-order valence-corrected chi connectivity index (χ2v) is 5.47. The number of nitrogens with two attached hydrogens (primary N) is 1. The van der Waals surface area contributed by atoms with Gasteiger partial charge < -0.3 is 10.5 Å². The van der Waals surface area contributed by atoms with Gasteiger partial charge in [0.15, 0.2) is 0 Å². The van der Waals surface area contributed by atoms with E-state index in [0.717, 1.165) is 15.6 Å². The summed E-state index contributed by atoms with van der Waals surface area (Å²) >= 11 is 3.45. The molecular weight excluding hydrogens is 383 g/mol. The molecule has 0 heterocycles. The largest absolute Gasteiger partial charge is 0.573 e. The average Bonchev–Trinajstić information content (AvgIpc) is 2.37. The molecule has 0 aliphatic heterocycles. The standard InChI is InChI=1S/C15H13BrF3NO.ClH/c1-9-2-7-12(13(16)8-9)14(20)10-3-5-11(6-4-10)21-15(17,18)19;/h2-8,14H,20H2,1H3;1H/t14-;/m1./s1. The zero-order valence-electron chi connectivity index (χ0n) is 11.5. The van der Waals surface area contributed by atoms with Crippen LogP contribution in [0.2, 0.25) is 0 Å². The molecule has 0 unspecified atom stereocenters. The van der Waals surface area contributed by atoms with Gasteiger partial charge in [0.1, 0.15) is 5.75 Å². The summed E-state index contributed by atoms with van der Waals surface area (Å²) in [4.78, 5) is 0. The summed E-state index contributed by atoms with van der Waals surface area (Å²) in [5.41, 5.74) is 8.81. The Kier molecular flexibility index (Phi) is 6.28. The summed E-state index contributed by atoms with van der Waals surface area (Å²) in [7, 11) is 0. The van der Waals surface area contributed by atoms with Crippen LogP contribution < -0.4 is 10.5 Å². The molecule has 0 radical (unpaired) electrons. The van der Waals surface area contributed by atoms with Gasteiger partial charge in [-0.1, -0.05) is 40.2 Å². The van der Waals surface area contributed by atoms with E-state index in [0.29, 0.717) is 5.56 Å². The van der Waals surface area contributed by atoms with Crippen molar-refractivity contribution in [2.24, 2.45) is 5.73 Å². The highest BCUT2D eigenvalue weighted by atomic mass is 79.9. The Morgan fingerprint density at radius 3 is 2.18 bits per heavy atom. The zero-order chi connectivity index (χ0) is 15.6. The highest BCUT2D eigenvalue weighted by molar-refractivity contribution is 9.10.